The van der Waals surface area contributed by atoms with Gasteiger partial charge in [0.05, 0.1) is 19.8 Å². The Morgan fingerprint density at radius 1 is 1.00 bits per heavy atom. The minimum Gasteiger partial charge on any atom is -0.380 e. The minimum atomic E-state index is -0.464. The lowest BCUT2D eigenvalue weighted by molar-refractivity contribution is 0.0999. The van der Waals surface area contributed by atoms with E-state index in [9.17, 15) is 4.79 Å². The fraction of sp³-hybridized carbons (Fsp3) is 0.462. The molecule has 0 saturated heterocycles. The summed E-state index contributed by atoms with van der Waals surface area (Å²) in [6.45, 7) is 1.24. The van der Waals surface area contributed by atoms with E-state index < -0.39 is 5.91 Å². The zero-order valence-electron chi connectivity index (χ0n) is 11.0. The highest BCUT2D eigenvalue weighted by molar-refractivity contribution is 5.93. The van der Waals surface area contributed by atoms with E-state index >= 15 is 0 Å². The highest BCUT2D eigenvalue weighted by Crippen LogP contribution is 2.21. The molecule has 18 heavy (non-hydrogen) atoms. The van der Waals surface area contributed by atoms with Crippen LogP contribution in [-0.4, -0.2) is 27.2 Å². The number of nitrogens with two attached hydrogens (primary N) is 1. The van der Waals surface area contributed by atoms with E-state index in [0.717, 1.165) is 16.7 Å². The smallest absolute Gasteiger partial charge is 0.248 e. The van der Waals surface area contributed by atoms with Crippen molar-refractivity contribution >= 4 is 5.91 Å². The van der Waals surface area contributed by atoms with Gasteiger partial charge in [-0.25, -0.2) is 0 Å². The second-order valence-electron chi connectivity index (χ2n) is 3.94. The Kier molecular flexibility index (Phi) is 5.77. The second-order valence-corrected chi connectivity index (χ2v) is 3.94. The van der Waals surface area contributed by atoms with Gasteiger partial charge in [0.2, 0.25) is 5.91 Å². The van der Waals surface area contributed by atoms with Crippen molar-refractivity contribution in [2.45, 2.75) is 19.8 Å². The third kappa shape index (κ3) is 3.53. The van der Waals surface area contributed by atoms with Crippen LogP contribution in [0.3, 0.4) is 0 Å². The Labute approximate surface area is 107 Å². The lowest BCUT2D eigenvalue weighted by atomic mass is 9.98. The summed E-state index contributed by atoms with van der Waals surface area (Å²) in [6.07, 6.45) is 0. The molecule has 2 N–H and O–H groups in total. The first-order valence-electron chi connectivity index (χ1n) is 5.55. The molecule has 0 aromatic heterocycles. The maximum atomic E-state index is 11.3. The molecule has 0 unspecified atom stereocenters. The van der Waals surface area contributed by atoms with Crippen LogP contribution >= 0.6 is 0 Å². The van der Waals surface area contributed by atoms with Gasteiger partial charge in [-0.15, -0.1) is 0 Å². The Balaban J connectivity index is 3.28. The molecule has 100 valence electrons. The van der Waals surface area contributed by atoms with Crippen molar-refractivity contribution in [1.82, 2.24) is 0 Å². The minimum absolute atomic E-state index is 0.399. The predicted molar refractivity (Wildman–Crippen MR) is 67.1 cm³/mol. The van der Waals surface area contributed by atoms with Crippen molar-refractivity contribution in [2.24, 2.45) is 5.73 Å². The average molecular weight is 253 g/mol. The van der Waals surface area contributed by atoms with Gasteiger partial charge in [0.25, 0.3) is 0 Å². The Morgan fingerprint density at radius 2 is 1.44 bits per heavy atom. The molecule has 0 radical (unpaired) electrons. The average Bonchev–Trinajstić information content (AvgIpc) is 2.33. The summed E-state index contributed by atoms with van der Waals surface area (Å²) in [5, 5.41) is 0. The largest absolute Gasteiger partial charge is 0.380 e. The van der Waals surface area contributed by atoms with E-state index in [4.69, 9.17) is 19.9 Å². The zero-order valence-corrected chi connectivity index (χ0v) is 11.0. The number of hydrogen-bond acceptors (Lipinski definition) is 4. The van der Waals surface area contributed by atoms with Crippen LogP contribution in [0.15, 0.2) is 12.1 Å². The summed E-state index contributed by atoms with van der Waals surface area (Å²) in [7, 11) is 4.82. The summed E-state index contributed by atoms with van der Waals surface area (Å²) in [5.41, 5.74) is 8.53. The normalized spacial score (nSPS) is 10.6. The van der Waals surface area contributed by atoms with Crippen LogP contribution in [0, 0.1) is 0 Å². The molecule has 1 amide bonds. The van der Waals surface area contributed by atoms with Crippen molar-refractivity contribution < 1.29 is 19.0 Å². The molecule has 0 heterocycles. The van der Waals surface area contributed by atoms with E-state index in [1.165, 1.54) is 0 Å². The molecule has 1 aromatic carbocycles. The lowest BCUT2D eigenvalue weighted by Crippen LogP contribution is -2.14. The summed E-state index contributed by atoms with van der Waals surface area (Å²) in [5.74, 6) is -0.464. The molecule has 0 bridgehead atoms. The van der Waals surface area contributed by atoms with Gasteiger partial charge < -0.3 is 19.9 Å². The van der Waals surface area contributed by atoms with Gasteiger partial charge in [-0.1, -0.05) is 0 Å². The molecule has 5 heteroatoms. The van der Waals surface area contributed by atoms with Gasteiger partial charge in [-0.3, -0.25) is 4.79 Å². The first-order valence-corrected chi connectivity index (χ1v) is 5.55. The molecule has 1 aromatic rings. The molecule has 5 nitrogen and oxygen atoms in total. The van der Waals surface area contributed by atoms with Crippen molar-refractivity contribution in [3.05, 3.63) is 34.4 Å². The number of methoxy groups -OCH3 is 3. The number of benzene rings is 1. The van der Waals surface area contributed by atoms with Crippen LogP contribution in [-0.2, 0) is 34.0 Å². The van der Waals surface area contributed by atoms with Crippen molar-refractivity contribution in [3.8, 4) is 0 Å². The van der Waals surface area contributed by atoms with E-state index in [2.05, 4.69) is 0 Å². The van der Waals surface area contributed by atoms with Gasteiger partial charge in [0, 0.05) is 26.9 Å². The number of rotatable bonds is 7. The molecule has 0 spiro atoms. The van der Waals surface area contributed by atoms with Gasteiger partial charge in [0.15, 0.2) is 0 Å². The summed E-state index contributed by atoms with van der Waals surface area (Å²) >= 11 is 0. The standard InChI is InChI=1S/C13H19NO4/c1-16-6-10-4-9(13(14)15)5-11(7-17-2)12(10)8-18-3/h4-5H,6-8H2,1-3H3,(H2,14,15). The highest BCUT2D eigenvalue weighted by Gasteiger charge is 2.13. The molecular weight excluding hydrogens is 234 g/mol. The fourth-order valence-corrected chi connectivity index (χ4v) is 1.84. The highest BCUT2D eigenvalue weighted by atomic mass is 16.5. The molecule has 0 aliphatic rings. The Hall–Kier alpha value is -1.43. The lowest BCUT2D eigenvalue weighted by Gasteiger charge is -2.15. The van der Waals surface area contributed by atoms with Crippen LogP contribution in [0.5, 0.6) is 0 Å². The molecule has 0 atom stereocenters. The molecule has 0 saturated carbocycles. The van der Waals surface area contributed by atoms with E-state index in [1.54, 1.807) is 33.5 Å². The SMILES string of the molecule is COCc1cc(C(N)=O)cc(COC)c1COC. The van der Waals surface area contributed by atoms with Gasteiger partial charge in [0.1, 0.15) is 0 Å². The maximum Gasteiger partial charge on any atom is 0.248 e. The topological polar surface area (TPSA) is 70.8 Å². The number of amides is 1. The van der Waals surface area contributed by atoms with Crippen LogP contribution in [0.1, 0.15) is 27.0 Å². The zero-order chi connectivity index (χ0) is 13.5. The van der Waals surface area contributed by atoms with Crippen molar-refractivity contribution in [1.29, 1.82) is 0 Å². The molecule has 0 aliphatic carbocycles. The number of primary amides is 1. The Morgan fingerprint density at radius 3 is 1.78 bits per heavy atom. The molecule has 1 rings (SSSR count). The first-order chi connectivity index (χ1) is 8.63. The second kappa shape index (κ2) is 7.10. The summed E-state index contributed by atoms with van der Waals surface area (Å²) in [4.78, 5) is 11.3. The van der Waals surface area contributed by atoms with E-state index in [-0.39, 0.29) is 0 Å². The molecular formula is C13H19NO4. The number of carbonyl (C=O) groups excluding carboxylic acids is 1. The third-order valence-electron chi connectivity index (χ3n) is 2.61. The maximum absolute atomic E-state index is 11.3. The van der Waals surface area contributed by atoms with E-state index in [1.807, 2.05) is 0 Å². The number of carbonyl (C=O) groups is 1. The number of hydrogen-bond donors (Lipinski definition) is 1. The van der Waals surface area contributed by atoms with Crippen LogP contribution < -0.4 is 5.73 Å². The summed E-state index contributed by atoms with van der Waals surface area (Å²) in [6, 6.07) is 3.47. The van der Waals surface area contributed by atoms with E-state index in [0.29, 0.717) is 25.4 Å². The predicted octanol–water partition coefficient (Wildman–Crippen LogP) is 1.22. The quantitative estimate of drug-likeness (QED) is 0.793. The summed E-state index contributed by atoms with van der Waals surface area (Å²) < 4.78 is 15.4. The van der Waals surface area contributed by atoms with Crippen LogP contribution in [0.25, 0.3) is 0 Å². The van der Waals surface area contributed by atoms with Gasteiger partial charge >= 0.3 is 0 Å². The fourth-order valence-electron chi connectivity index (χ4n) is 1.84. The third-order valence-corrected chi connectivity index (χ3v) is 2.61. The molecule has 0 fully saturated rings. The van der Waals surface area contributed by atoms with Crippen LogP contribution in [0.4, 0.5) is 0 Å². The van der Waals surface area contributed by atoms with Crippen molar-refractivity contribution in [2.75, 3.05) is 21.3 Å². The van der Waals surface area contributed by atoms with Gasteiger partial charge in [-0.05, 0) is 28.8 Å². The first kappa shape index (κ1) is 14.6. The number of ether oxygens (including phenoxy) is 3. The Bertz CT molecular complexity index is 390. The monoisotopic (exact) mass is 253 g/mol. The van der Waals surface area contributed by atoms with Crippen LogP contribution in [0.2, 0.25) is 0 Å². The molecule has 0 aliphatic heterocycles. The van der Waals surface area contributed by atoms with Crippen molar-refractivity contribution in [3.63, 3.8) is 0 Å². The van der Waals surface area contributed by atoms with Gasteiger partial charge in [-0.2, -0.15) is 0 Å².